The first-order valence-corrected chi connectivity index (χ1v) is 10.5. The number of halogens is 1. The minimum absolute atomic E-state index is 0.0144. The second-order valence-electron chi connectivity index (χ2n) is 8.17. The van der Waals surface area contributed by atoms with Crippen LogP contribution in [0.3, 0.4) is 0 Å². The average Bonchev–Trinajstić information content (AvgIpc) is 2.64. The van der Waals surface area contributed by atoms with Crippen molar-refractivity contribution in [2.75, 3.05) is 0 Å². The lowest BCUT2D eigenvalue weighted by Crippen LogP contribution is -2.09. The fourth-order valence-corrected chi connectivity index (χ4v) is 3.98. The van der Waals surface area contributed by atoms with Crippen molar-refractivity contribution < 1.29 is 9.50 Å². The van der Waals surface area contributed by atoms with Gasteiger partial charge in [-0.25, -0.2) is 4.39 Å². The first-order chi connectivity index (χ1) is 12.9. The molecule has 2 aromatic rings. The molecule has 0 amide bonds. The number of rotatable bonds is 9. The van der Waals surface area contributed by atoms with Crippen molar-refractivity contribution in [2.24, 2.45) is 0 Å². The van der Waals surface area contributed by atoms with Gasteiger partial charge >= 0.3 is 0 Å². The van der Waals surface area contributed by atoms with E-state index >= 15 is 0 Å². The second-order valence-corrected chi connectivity index (χ2v) is 8.17. The molecular formula is C25H35FO. The number of hydrogen-bond acceptors (Lipinski definition) is 1. The SMILES string of the molecule is CCCCCCc1c(C(C)C)cc(C(C)C)c(CO)c1-c1ccc(F)cc1. The summed E-state index contributed by atoms with van der Waals surface area (Å²) >= 11 is 0. The second kappa shape index (κ2) is 10.0. The van der Waals surface area contributed by atoms with Crippen molar-refractivity contribution in [3.63, 3.8) is 0 Å². The third kappa shape index (κ3) is 5.19. The van der Waals surface area contributed by atoms with Crippen LogP contribution in [0.2, 0.25) is 0 Å². The van der Waals surface area contributed by atoms with Crippen LogP contribution < -0.4 is 0 Å². The van der Waals surface area contributed by atoms with Gasteiger partial charge in [0.15, 0.2) is 0 Å². The van der Waals surface area contributed by atoms with E-state index in [2.05, 4.69) is 40.7 Å². The van der Waals surface area contributed by atoms with E-state index in [1.165, 1.54) is 48.1 Å². The minimum atomic E-state index is -0.224. The van der Waals surface area contributed by atoms with Gasteiger partial charge in [-0.3, -0.25) is 0 Å². The molecule has 0 aliphatic carbocycles. The van der Waals surface area contributed by atoms with Gasteiger partial charge in [0.1, 0.15) is 5.82 Å². The largest absolute Gasteiger partial charge is 0.392 e. The van der Waals surface area contributed by atoms with Crippen molar-refractivity contribution >= 4 is 0 Å². The van der Waals surface area contributed by atoms with E-state index in [-0.39, 0.29) is 12.4 Å². The highest BCUT2D eigenvalue weighted by Crippen LogP contribution is 2.39. The zero-order valence-electron chi connectivity index (χ0n) is 17.6. The Morgan fingerprint density at radius 1 is 0.852 bits per heavy atom. The van der Waals surface area contributed by atoms with E-state index in [1.807, 2.05) is 12.1 Å². The fraction of sp³-hybridized carbons (Fsp3) is 0.520. The molecule has 0 atom stereocenters. The Labute approximate surface area is 164 Å². The quantitative estimate of drug-likeness (QED) is 0.457. The molecule has 1 nitrogen and oxygen atoms in total. The number of hydrogen-bond donors (Lipinski definition) is 1. The average molecular weight is 371 g/mol. The molecule has 0 saturated carbocycles. The van der Waals surface area contributed by atoms with Gasteiger partial charge in [0.25, 0.3) is 0 Å². The molecule has 0 bridgehead atoms. The summed E-state index contributed by atoms with van der Waals surface area (Å²) in [7, 11) is 0. The molecule has 0 fully saturated rings. The van der Waals surface area contributed by atoms with Gasteiger partial charge in [-0.15, -0.1) is 0 Å². The topological polar surface area (TPSA) is 20.2 Å². The lowest BCUT2D eigenvalue weighted by atomic mass is 9.80. The summed E-state index contributed by atoms with van der Waals surface area (Å²) in [5.41, 5.74) is 7.05. The van der Waals surface area contributed by atoms with Crippen molar-refractivity contribution in [3.8, 4) is 11.1 Å². The van der Waals surface area contributed by atoms with Gasteiger partial charge in [0.05, 0.1) is 6.61 Å². The van der Waals surface area contributed by atoms with Crippen LogP contribution in [0.15, 0.2) is 30.3 Å². The van der Waals surface area contributed by atoms with Crippen LogP contribution in [0.25, 0.3) is 11.1 Å². The molecule has 0 aliphatic rings. The van der Waals surface area contributed by atoms with Gasteiger partial charge in [-0.2, -0.15) is 0 Å². The lowest BCUT2D eigenvalue weighted by Gasteiger charge is -2.25. The Bertz CT molecular complexity index is 729. The van der Waals surface area contributed by atoms with Crippen LogP contribution in [0.1, 0.15) is 94.4 Å². The molecule has 0 aromatic heterocycles. The smallest absolute Gasteiger partial charge is 0.123 e. The molecule has 0 saturated heterocycles. The van der Waals surface area contributed by atoms with Crippen molar-refractivity contribution in [1.29, 1.82) is 0 Å². The maximum atomic E-state index is 13.5. The molecule has 2 aromatic carbocycles. The van der Waals surface area contributed by atoms with Crippen LogP contribution in [-0.2, 0) is 13.0 Å². The highest BCUT2D eigenvalue weighted by Gasteiger charge is 2.21. The van der Waals surface area contributed by atoms with Gasteiger partial charge in [0.2, 0.25) is 0 Å². The minimum Gasteiger partial charge on any atom is -0.392 e. The zero-order valence-corrected chi connectivity index (χ0v) is 17.6. The molecule has 27 heavy (non-hydrogen) atoms. The summed E-state index contributed by atoms with van der Waals surface area (Å²) < 4.78 is 13.5. The summed E-state index contributed by atoms with van der Waals surface area (Å²) in [4.78, 5) is 0. The normalized spacial score (nSPS) is 11.6. The Balaban J connectivity index is 2.70. The molecule has 0 aliphatic heterocycles. The Hall–Kier alpha value is -1.67. The number of aliphatic hydroxyl groups is 1. The van der Waals surface area contributed by atoms with Crippen molar-refractivity contribution in [3.05, 3.63) is 58.4 Å². The van der Waals surface area contributed by atoms with E-state index in [0.29, 0.717) is 11.8 Å². The first kappa shape index (κ1) is 21.6. The number of benzene rings is 2. The van der Waals surface area contributed by atoms with Gasteiger partial charge in [0, 0.05) is 0 Å². The highest BCUT2D eigenvalue weighted by molar-refractivity contribution is 5.74. The van der Waals surface area contributed by atoms with Crippen molar-refractivity contribution in [1.82, 2.24) is 0 Å². The standard InChI is InChI=1S/C25H35FO/c1-6-7-8-9-10-21-22(17(2)3)15-23(18(4)5)24(16-27)25(21)19-11-13-20(26)14-12-19/h11-15,17-18,27H,6-10,16H2,1-5H3. The molecule has 2 heteroatoms. The van der Waals surface area contributed by atoms with E-state index < -0.39 is 0 Å². The lowest BCUT2D eigenvalue weighted by molar-refractivity contribution is 0.280. The maximum absolute atomic E-state index is 13.5. The van der Waals surface area contributed by atoms with Gasteiger partial charge < -0.3 is 5.11 Å². The molecule has 1 N–H and O–H groups in total. The Morgan fingerprint density at radius 2 is 1.44 bits per heavy atom. The fourth-order valence-electron chi connectivity index (χ4n) is 3.98. The van der Waals surface area contributed by atoms with Gasteiger partial charge in [-0.1, -0.05) is 72.1 Å². The molecule has 148 valence electrons. The maximum Gasteiger partial charge on any atom is 0.123 e. The Morgan fingerprint density at radius 3 is 1.96 bits per heavy atom. The van der Waals surface area contributed by atoms with E-state index in [0.717, 1.165) is 29.5 Å². The molecule has 0 unspecified atom stereocenters. The molecular weight excluding hydrogens is 335 g/mol. The predicted molar refractivity (Wildman–Crippen MR) is 114 cm³/mol. The number of unbranched alkanes of at least 4 members (excludes halogenated alkanes) is 3. The highest BCUT2D eigenvalue weighted by atomic mass is 19.1. The summed E-state index contributed by atoms with van der Waals surface area (Å²) in [6, 6.07) is 9.06. The van der Waals surface area contributed by atoms with Gasteiger partial charge in [-0.05, 0) is 70.2 Å². The molecule has 2 rings (SSSR count). The monoisotopic (exact) mass is 370 g/mol. The molecule has 0 radical (unpaired) electrons. The third-order valence-corrected chi connectivity index (χ3v) is 5.43. The molecule has 0 spiro atoms. The van der Waals surface area contributed by atoms with Crippen LogP contribution >= 0.6 is 0 Å². The predicted octanol–water partition coefficient (Wildman–Crippen LogP) is 7.35. The molecule has 0 heterocycles. The first-order valence-electron chi connectivity index (χ1n) is 10.5. The summed E-state index contributed by atoms with van der Waals surface area (Å²) in [6.45, 7) is 11.1. The van der Waals surface area contributed by atoms with Crippen LogP contribution in [0, 0.1) is 5.82 Å². The summed E-state index contributed by atoms with van der Waals surface area (Å²) in [5, 5.41) is 10.3. The van der Waals surface area contributed by atoms with E-state index in [1.54, 1.807) is 0 Å². The zero-order chi connectivity index (χ0) is 20.0. The van der Waals surface area contributed by atoms with E-state index in [4.69, 9.17) is 0 Å². The van der Waals surface area contributed by atoms with Crippen LogP contribution in [-0.4, -0.2) is 5.11 Å². The summed E-state index contributed by atoms with van der Waals surface area (Å²) in [5.74, 6) is 0.520. The summed E-state index contributed by atoms with van der Waals surface area (Å²) in [6.07, 6.45) is 5.84. The van der Waals surface area contributed by atoms with Crippen LogP contribution in [0.4, 0.5) is 4.39 Å². The van der Waals surface area contributed by atoms with E-state index in [9.17, 15) is 9.50 Å². The van der Waals surface area contributed by atoms with Crippen molar-refractivity contribution in [2.45, 2.75) is 85.2 Å². The van der Waals surface area contributed by atoms with Crippen LogP contribution in [0.5, 0.6) is 0 Å². The Kier molecular flexibility index (Phi) is 8.04. The number of aliphatic hydroxyl groups excluding tert-OH is 1. The third-order valence-electron chi connectivity index (χ3n) is 5.43.